The molecular weight excluding hydrogens is 208 g/mol. The van der Waals surface area contributed by atoms with Crippen molar-refractivity contribution in [3.8, 4) is 0 Å². The number of hydrogen-bond acceptors (Lipinski definition) is 1. The van der Waals surface area contributed by atoms with Crippen LogP contribution >= 0.6 is 0 Å². The Morgan fingerprint density at radius 2 is 2.00 bits per heavy atom. The largest absolute Gasteiger partial charge is 0.388 e. The first-order valence-electron chi connectivity index (χ1n) is 6.52. The average Bonchev–Trinajstić information content (AvgIpc) is 2.59. The molecule has 3 atom stereocenters. The minimum absolute atomic E-state index is 0.248. The van der Waals surface area contributed by atoms with Crippen molar-refractivity contribution in [2.24, 2.45) is 11.8 Å². The van der Waals surface area contributed by atoms with E-state index in [9.17, 15) is 5.11 Å². The third kappa shape index (κ3) is 3.32. The lowest BCUT2D eigenvalue weighted by molar-refractivity contribution is 0.150. The van der Waals surface area contributed by atoms with Crippen LogP contribution in [0.25, 0.3) is 0 Å². The Morgan fingerprint density at radius 1 is 1.41 bits per heavy atom. The van der Waals surface area contributed by atoms with E-state index in [-0.39, 0.29) is 12.0 Å². The van der Waals surface area contributed by atoms with E-state index in [4.69, 9.17) is 0 Å². The first kappa shape index (κ1) is 14.2. The smallest absolute Gasteiger partial charge is 0.0773 e. The zero-order valence-electron chi connectivity index (χ0n) is 11.7. The highest BCUT2D eigenvalue weighted by atomic mass is 16.3. The van der Waals surface area contributed by atoms with E-state index in [2.05, 4.69) is 33.9 Å². The molecule has 0 saturated carbocycles. The molecule has 0 radical (unpaired) electrons. The Hall–Kier alpha value is -0.820. The average molecular weight is 234 g/mol. The second-order valence-corrected chi connectivity index (χ2v) is 5.72. The van der Waals surface area contributed by atoms with Crippen molar-refractivity contribution >= 4 is 0 Å². The summed E-state index contributed by atoms with van der Waals surface area (Å²) < 4.78 is 0. The normalized spacial score (nSPS) is 23.7. The summed E-state index contributed by atoms with van der Waals surface area (Å²) in [7, 11) is 0. The van der Waals surface area contributed by atoms with Gasteiger partial charge in [-0.3, -0.25) is 0 Å². The van der Waals surface area contributed by atoms with Crippen molar-refractivity contribution in [1.82, 2.24) is 0 Å². The van der Waals surface area contributed by atoms with E-state index in [1.54, 1.807) is 0 Å². The van der Waals surface area contributed by atoms with Crippen molar-refractivity contribution in [1.29, 1.82) is 0 Å². The summed E-state index contributed by atoms with van der Waals surface area (Å²) in [6, 6.07) is 0. The summed E-state index contributed by atoms with van der Waals surface area (Å²) in [5, 5.41) is 10.0. The van der Waals surface area contributed by atoms with Gasteiger partial charge in [0.2, 0.25) is 0 Å². The van der Waals surface area contributed by atoms with Gasteiger partial charge in [0.05, 0.1) is 6.10 Å². The Labute approximate surface area is 106 Å². The van der Waals surface area contributed by atoms with Gasteiger partial charge in [0.1, 0.15) is 0 Å². The molecule has 0 amide bonds. The van der Waals surface area contributed by atoms with Gasteiger partial charge in [-0.05, 0) is 46.0 Å². The first-order chi connectivity index (χ1) is 7.84. The molecule has 1 aliphatic rings. The molecule has 17 heavy (non-hydrogen) atoms. The van der Waals surface area contributed by atoms with Crippen LogP contribution in [0.3, 0.4) is 0 Å². The maximum atomic E-state index is 10.0. The third-order valence-corrected chi connectivity index (χ3v) is 3.96. The topological polar surface area (TPSA) is 20.2 Å². The van der Waals surface area contributed by atoms with Gasteiger partial charge >= 0.3 is 0 Å². The molecule has 3 unspecified atom stereocenters. The Balaban J connectivity index is 2.76. The lowest BCUT2D eigenvalue weighted by Gasteiger charge is -2.23. The van der Waals surface area contributed by atoms with Gasteiger partial charge < -0.3 is 5.11 Å². The van der Waals surface area contributed by atoms with Crippen LogP contribution in [-0.4, -0.2) is 11.2 Å². The molecule has 0 heterocycles. The van der Waals surface area contributed by atoms with E-state index in [1.165, 1.54) is 29.6 Å². The summed E-state index contributed by atoms with van der Waals surface area (Å²) in [5.74, 6) is 0.784. The lowest BCUT2D eigenvalue weighted by Crippen LogP contribution is -2.20. The molecule has 0 aromatic heterocycles. The third-order valence-electron chi connectivity index (χ3n) is 3.96. The number of aliphatic hydroxyl groups excluding tert-OH is 1. The van der Waals surface area contributed by atoms with Gasteiger partial charge in [-0.25, -0.2) is 0 Å². The van der Waals surface area contributed by atoms with Gasteiger partial charge in [0, 0.05) is 5.92 Å². The number of rotatable bonds is 5. The molecule has 1 rings (SSSR count). The fourth-order valence-corrected chi connectivity index (χ4v) is 2.80. The Morgan fingerprint density at radius 3 is 2.47 bits per heavy atom. The standard InChI is InChI=1S/C16H26O/c1-10(2)14-8-7-12(5)15(14)9-13(6)16(17)11(3)4/h13-14,16-17H,1,3,7-9H2,2,4-6H3. The molecule has 0 bridgehead atoms. The minimum atomic E-state index is -0.387. The summed E-state index contributed by atoms with van der Waals surface area (Å²) >= 11 is 0. The lowest BCUT2D eigenvalue weighted by atomic mass is 9.85. The fraction of sp³-hybridized carbons (Fsp3) is 0.625. The van der Waals surface area contributed by atoms with E-state index in [0.717, 1.165) is 12.0 Å². The fourth-order valence-electron chi connectivity index (χ4n) is 2.80. The number of hydrogen-bond donors (Lipinski definition) is 1. The van der Waals surface area contributed by atoms with Crippen LogP contribution in [0.4, 0.5) is 0 Å². The van der Waals surface area contributed by atoms with Gasteiger partial charge in [-0.15, -0.1) is 0 Å². The summed E-state index contributed by atoms with van der Waals surface area (Å²) in [4.78, 5) is 0. The number of aliphatic hydroxyl groups is 1. The quantitative estimate of drug-likeness (QED) is 0.705. The van der Waals surface area contributed by atoms with E-state index in [0.29, 0.717) is 5.92 Å². The summed E-state index contributed by atoms with van der Waals surface area (Å²) in [6.07, 6.45) is 2.97. The molecular formula is C16H26O. The van der Waals surface area contributed by atoms with E-state index >= 15 is 0 Å². The van der Waals surface area contributed by atoms with Crippen molar-refractivity contribution in [2.75, 3.05) is 0 Å². The van der Waals surface area contributed by atoms with Crippen LogP contribution in [0.5, 0.6) is 0 Å². The molecule has 1 heteroatoms. The molecule has 0 aliphatic heterocycles. The SMILES string of the molecule is C=C(C)C1CCC(C)=C1CC(C)C(O)C(=C)C. The van der Waals surface area contributed by atoms with E-state index in [1.807, 2.05) is 6.92 Å². The van der Waals surface area contributed by atoms with Crippen molar-refractivity contribution in [3.63, 3.8) is 0 Å². The van der Waals surface area contributed by atoms with Crippen LogP contribution < -0.4 is 0 Å². The van der Waals surface area contributed by atoms with Gasteiger partial charge in [-0.1, -0.05) is 42.4 Å². The zero-order valence-corrected chi connectivity index (χ0v) is 11.7. The van der Waals surface area contributed by atoms with Crippen LogP contribution in [0, 0.1) is 11.8 Å². The second-order valence-electron chi connectivity index (χ2n) is 5.72. The molecule has 0 spiro atoms. The Bertz CT molecular complexity index is 349. The van der Waals surface area contributed by atoms with E-state index < -0.39 is 0 Å². The summed E-state index contributed by atoms with van der Waals surface area (Å²) in [5.41, 5.74) is 5.12. The van der Waals surface area contributed by atoms with Crippen molar-refractivity contribution < 1.29 is 5.11 Å². The Kier molecular flexibility index (Phi) is 4.76. The van der Waals surface area contributed by atoms with Gasteiger partial charge in [0.25, 0.3) is 0 Å². The molecule has 0 fully saturated rings. The van der Waals surface area contributed by atoms with Crippen LogP contribution in [-0.2, 0) is 0 Å². The monoisotopic (exact) mass is 234 g/mol. The molecule has 96 valence electrons. The summed E-state index contributed by atoms with van der Waals surface area (Å²) in [6.45, 7) is 16.3. The number of allylic oxidation sites excluding steroid dienone is 3. The molecule has 1 nitrogen and oxygen atoms in total. The molecule has 1 aliphatic carbocycles. The maximum absolute atomic E-state index is 10.0. The maximum Gasteiger partial charge on any atom is 0.0773 e. The van der Waals surface area contributed by atoms with Crippen LogP contribution in [0.1, 0.15) is 47.0 Å². The highest BCUT2D eigenvalue weighted by Gasteiger charge is 2.27. The van der Waals surface area contributed by atoms with Crippen LogP contribution in [0.15, 0.2) is 35.5 Å². The second kappa shape index (κ2) is 5.68. The molecule has 0 aromatic rings. The highest BCUT2D eigenvalue weighted by Crippen LogP contribution is 2.40. The first-order valence-corrected chi connectivity index (χ1v) is 6.52. The van der Waals surface area contributed by atoms with Crippen molar-refractivity contribution in [3.05, 3.63) is 35.5 Å². The van der Waals surface area contributed by atoms with Crippen LogP contribution in [0.2, 0.25) is 0 Å². The molecule has 0 aromatic carbocycles. The zero-order chi connectivity index (χ0) is 13.2. The predicted molar refractivity (Wildman–Crippen MR) is 74.8 cm³/mol. The minimum Gasteiger partial charge on any atom is -0.388 e. The highest BCUT2D eigenvalue weighted by molar-refractivity contribution is 5.29. The van der Waals surface area contributed by atoms with Crippen molar-refractivity contribution in [2.45, 2.75) is 53.1 Å². The molecule has 0 saturated heterocycles. The predicted octanol–water partition coefficient (Wildman–Crippen LogP) is 4.25. The molecule has 1 N–H and O–H groups in total. The van der Waals surface area contributed by atoms with Gasteiger partial charge in [-0.2, -0.15) is 0 Å². The van der Waals surface area contributed by atoms with Gasteiger partial charge in [0.15, 0.2) is 0 Å².